The number of para-hydroxylation sites is 1. The molecule has 1 N–H and O–H groups in total. The van der Waals surface area contributed by atoms with Crippen LogP contribution in [0.1, 0.15) is 24.5 Å². The second kappa shape index (κ2) is 10.7. The van der Waals surface area contributed by atoms with Crippen LogP contribution in [0.2, 0.25) is 0 Å². The van der Waals surface area contributed by atoms with Crippen LogP contribution >= 0.6 is 0 Å². The van der Waals surface area contributed by atoms with Gasteiger partial charge in [-0.15, -0.1) is 0 Å². The summed E-state index contributed by atoms with van der Waals surface area (Å²) >= 11 is 0. The van der Waals surface area contributed by atoms with Crippen LogP contribution in [0.3, 0.4) is 0 Å². The zero-order valence-corrected chi connectivity index (χ0v) is 15.0. The van der Waals surface area contributed by atoms with Crippen molar-refractivity contribution in [3.8, 4) is 11.5 Å². The lowest BCUT2D eigenvalue weighted by atomic mass is 10.1. The Kier molecular flexibility index (Phi) is 7.93. The van der Waals surface area contributed by atoms with Crippen molar-refractivity contribution in [2.45, 2.75) is 19.8 Å². The Morgan fingerprint density at radius 1 is 1.15 bits per heavy atom. The number of aryl methyl sites for hydroxylation is 1. The van der Waals surface area contributed by atoms with Gasteiger partial charge >= 0.3 is 0 Å². The molecule has 2 aromatic rings. The van der Waals surface area contributed by atoms with Crippen LogP contribution in [0.5, 0.6) is 11.5 Å². The number of carbonyl (C=O) groups is 1. The molecule has 0 aliphatic carbocycles. The Hall–Kier alpha value is -3.08. The predicted octanol–water partition coefficient (Wildman–Crippen LogP) is 3.73. The van der Waals surface area contributed by atoms with Crippen molar-refractivity contribution in [1.29, 1.82) is 0 Å². The van der Waals surface area contributed by atoms with Crippen LogP contribution in [-0.4, -0.2) is 25.3 Å². The predicted molar refractivity (Wildman–Crippen MR) is 104 cm³/mol. The molecule has 136 valence electrons. The van der Waals surface area contributed by atoms with E-state index in [1.807, 2.05) is 48.5 Å². The highest BCUT2D eigenvalue weighted by molar-refractivity contribution is 5.85. The van der Waals surface area contributed by atoms with Crippen LogP contribution < -0.4 is 14.9 Å². The fourth-order valence-electron chi connectivity index (χ4n) is 2.26. The first kappa shape index (κ1) is 19.2. The third kappa shape index (κ3) is 6.43. The molecule has 0 aromatic heterocycles. The van der Waals surface area contributed by atoms with Crippen LogP contribution in [0.25, 0.3) is 0 Å². The Morgan fingerprint density at radius 2 is 1.92 bits per heavy atom. The summed E-state index contributed by atoms with van der Waals surface area (Å²) in [6.45, 7) is 6.07. The molecule has 5 nitrogen and oxygen atoms in total. The molecule has 0 aliphatic heterocycles. The number of benzene rings is 2. The van der Waals surface area contributed by atoms with E-state index in [0.29, 0.717) is 18.1 Å². The Balaban J connectivity index is 1.81. The SMILES string of the molecule is C=CCOc1ccccc1C=NNC(=O)COc1ccc(CCC)cc1. The standard InChI is InChI=1S/C21H24N2O3/c1-3-7-17-10-12-19(13-11-17)26-16-21(24)23-22-15-18-8-5-6-9-20(18)25-14-4-2/h4-6,8-13,15H,2-3,7,14,16H2,1H3,(H,23,24). The third-order valence-electron chi connectivity index (χ3n) is 3.50. The number of ether oxygens (including phenoxy) is 2. The first-order chi connectivity index (χ1) is 12.7. The number of hydrogen-bond acceptors (Lipinski definition) is 4. The molecular weight excluding hydrogens is 328 g/mol. The van der Waals surface area contributed by atoms with Crippen molar-refractivity contribution in [3.63, 3.8) is 0 Å². The van der Waals surface area contributed by atoms with Gasteiger partial charge in [0.1, 0.15) is 18.1 Å². The molecule has 26 heavy (non-hydrogen) atoms. The van der Waals surface area contributed by atoms with Gasteiger partial charge in [-0.25, -0.2) is 5.43 Å². The lowest BCUT2D eigenvalue weighted by Crippen LogP contribution is -2.24. The molecule has 0 unspecified atom stereocenters. The third-order valence-corrected chi connectivity index (χ3v) is 3.50. The number of hydrazone groups is 1. The number of hydrogen-bond donors (Lipinski definition) is 1. The van der Waals surface area contributed by atoms with Gasteiger partial charge in [0.25, 0.3) is 5.91 Å². The molecule has 0 spiro atoms. The van der Waals surface area contributed by atoms with Gasteiger partial charge < -0.3 is 9.47 Å². The minimum Gasteiger partial charge on any atom is -0.489 e. The van der Waals surface area contributed by atoms with Gasteiger partial charge in [-0.3, -0.25) is 4.79 Å². The average molecular weight is 352 g/mol. The second-order valence-corrected chi connectivity index (χ2v) is 5.61. The number of nitrogens with one attached hydrogen (secondary N) is 1. The fourth-order valence-corrected chi connectivity index (χ4v) is 2.26. The van der Waals surface area contributed by atoms with E-state index in [2.05, 4.69) is 24.0 Å². The van der Waals surface area contributed by atoms with Gasteiger partial charge in [0, 0.05) is 5.56 Å². The first-order valence-electron chi connectivity index (χ1n) is 8.59. The quantitative estimate of drug-likeness (QED) is 0.403. The molecule has 0 bridgehead atoms. The summed E-state index contributed by atoms with van der Waals surface area (Å²) in [5.41, 5.74) is 4.47. The molecule has 0 saturated heterocycles. The lowest BCUT2D eigenvalue weighted by molar-refractivity contribution is -0.123. The van der Waals surface area contributed by atoms with Crippen LogP contribution in [0, 0.1) is 0 Å². The minimum atomic E-state index is -0.330. The number of nitrogens with zero attached hydrogens (tertiary/aromatic N) is 1. The van der Waals surface area contributed by atoms with Gasteiger partial charge in [0.2, 0.25) is 0 Å². The van der Waals surface area contributed by atoms with Gasteiger partial charge in [-0.05, 0) is 36.2 Å². The topological polar surface area (TPSA) is 59.9 Å². The van der Waals surface area contributed by atoms with Crippen molar-refractivity contribution in [2.24, 2.45) is 5.10 Å². The highest BCUT2D eigenvalue weighted by atomic mass is 16.5. The normalized spacial score (nSPS) is 10.5. The zero-order chi connectivity index (χ0) is 18.6. The summed E-state index contributed by atoms with van der Waals surface area (Å²) in [6, 6.07) is 15.2. The number of rotatable bonds is 10. The summed E-state index contributed by atoms with van der Waals surface area (Å²) in [5, 5.41) is 3.95. The molecule has 1 amide bonds. The van der Waals surface area contributed by atoms with Gasteiger partial charge in [0.05, 0.1) is 6.21 Å². The van der Waals surface area contributed by atoms with Crippen molar-refractivity contribution < 1.29 is 14.3 Å². The molecule has 0 atom stereocenters. The highest BCUT2D eigenvalue weighted by Gasteiger charge is 2.03. The maximum atomic E-state index is 11.8. The van der Waals surface area contributed by atoms with E-state index in [-0.39, 0.29) is 12.5 Å². The lowest BCUT2D eigenvalue weighted by Gasteiger charge is -2.07. The highest BCUT2D eigenvalue weighted by Crippen LogP contribution is 2.15. The first-order valence-corrected chi connectivity index (χ1v) is 8.59. The number of carbonyl (C=O) groups excluding carboxylic acids is 1. The van der Waals surface area contributed by atoms with E-state index in [1.54, 1.807) is 6.08 Å². The fraction of sp³-hybridized carbons (Fsp3) is 0.238. The summed E-state index contributed by atoms with van der Waals surface area (Å²) in [5.74, 6) is 1.00. The van der Waals surface area contributed by atoms with Crippen LogP contribution in [0.15, 0.2) is 66.3 Å². The largest absolute Gasteiger partial charge is 0.489 e. The van der Waals surface area contributed by atoms with E-state index < -0.39 is 0 Å². The summed E-state index contributed by atoms with van der Waals surface area (Å²) in [4.78, 5) is 11.8. The van der Waals surface area contributed by atoms with E-state index in [1.165, 1.54) is 11.8 Å². The van der Waals surface area contributed by atoms with Crippen molar-refractivity contribution in [1.82, 2.24) is 5.43 Å². The molecule has 2 aromatic carbocycles. The van der Waals surface area contributed by atoms with Crippen LogP contribution in [0.4, 0.5) is 0 Å². The molecule has 0 radical (unpaired) electrons. The second-order valence-electron chi connectivity index (χ2n) is 5.61. The minimum absolute atomic E-state index is 0.0981. The maximum absolute atomic E-state index is 11.8. The molecular formula is C21H24N2O3. The molecule has 2 rings (SSSR count). The van der Waals surface area contributed by atoms with Crippen molar-refractivity contribution >= 4 is 12.1 Å². The smallest absolute Gasteiger partial charge is 0.277 e. The molecule has 0 heterocycles. The maximum Gasteiger partial charge on any atom is 0.277 e. The van der Waals surface area contributed by atoms with Gasteiger partial charge in [-0.1, -0.05) is 50.3 Å². The molecule has 0 aliphatic rings. The Labute approximate surface area is 154 Å². The van der Waals surface area contributed by atoms with Gasteiger partial charge in [0.15, 0.2) is 6.61 Å². The molecule has 0 fully saturated rings. The summed E-state index contributed by atoms with van der Waals surface area (Å²) < 4.78 is 11.0. The molecule has 5 heteroatoms. The summed E-state index contributed by atoms with van der Waals surface area (Å²) in [7, 11) is 0. The Morgan fingerprint density at radius 3 is 2.65 bits per heavy atom. The van der Waals surface area contributed by atoms with E-state index >= 15 is 0 Å². The van der Waals surface area contributed by atoms with Crippen molar-refractivity contribution in [2.75, 3.05) is 13.2 Å². The van der Waals surface area contributed by atoms with Gasteiger partial charge in [-0.2, -0.15) is 5.10 Å². The van der Waals surface area contributed by atoms with E-state index in [9.17, 15) is 4.79 Å². The average Bonchev–Trinajstić information content (AvgIpc) is 2.67. The summed E-state index contributed by atoms with van der Waals surface area (Å²) in [6.07, 6.45) is 5.34. The van der Waals surface area contributed by atoms with E-state index in [4.69, 9.17) is 9.47 Å². The van der Waals surface area contributed by atoms with E-state index in [0.717, 1.165) is 18.4 Å². The monoisotopic (exact) mass is 352 g/mol. The molecule has 0 saturated carbocycles. The zero-order valence-electron chi connectivity index (χ0n) is 15.0. The Bertz CT molecular complexity index is 739. The number of amides is 1. The van der Waals surface area contributed by atoms with Crippen LogP contribution in [-0.2, 0) is 11.2 Å². The van der Waals surface area contributed by atoms with Crippen molar-refractivity contribution in [3.05, 3.63) is 72.3 Å².